The van der Waals surface area contributed by atoms with Crippen molar-refractivity contribution < 1.29 is 15.2 Å². The molecule has 0 aromatic heterocycles. The molecular weight excluding hydrogens is 166 g/mol. The molecule has 1 heterocycles. The normalized spacial score (nSPS) is 34.8. The smallest absolute Gasteiger partial charge is 0.163 e. The molecule has 1 fully saturated rings. The molecule has 1 aliphatic heterocycles. The lowest BCUT2D eigenvalue weighted by Gasteiger charge is -2.34. The summed E-state index contributed by atoms with van der Waals surface area (Å²) in [4.78, 5) is 0. The Bertz CT molecular complexity index is 129. The monoisotopic (exact) mass is 188 g/mol. The van der Waals surface area contributed by atoms with Gasteiger partial charge in [0.1, 0.15) is 0 Å². The number of ether oxygens (including phenoxy) is 2. The van der Waals surface area contributed by atoms with Crippen LogP contribution in [0, 0.1) is 0 Å². The second-order valence-electron chi connectivity index (χ2n) is 3.64. The predicted octanol–water partition coefficient (Wildman–Crippen LogP) is 0.939. The van der Waals surface area contributed by atoms with Crippen molar-refractivity contribution in [2.75, 3.05) is 6.54 Å². The first kappa shape index (κ1) is 11.0. The van der Waals surface area contributed by atoms with Crippen molar-refractivity contribution in [3.05, 3.63) is 0 Å². The van der Waals surface area contributed by atoms with Gasteiger partial charge in [0.2, 0.25) is 0 Å². The number of hydrogen-bond donors (Lipinski definition) is 1. The fourth-order valence-corrected chi connectivity index (χ4v) is 1.69. The number of hydrogen-bond acceptors (Lipinski definition) is 2. The molecule has 3 nitrogen and oxygen atoms in total. The third-order valence-electron chi connectivity index (χ3n) is 2.56. The molecule has 2 atom stereocenters. The molecule has 13 heavy (non-hydrogen) atoms. The molecule has 0 radical (unpaired) electrons. The van der Waals surface area contributed by atoms with Crippen molar-refractivity contribution in [2.45, 2.75) is 58.0 Å². The van der Waals surface area contributed by atoms with E-state index in [2.05, 4.69) is 19.6 Å². The summed E-state index contributed by atoms with van der Waals surface area (Å²) in [6.07, 6.45) is 4.96. The van der Waals surface area contributed by atoms with Gasteiger partial charge >= 0.3 is 0 Å². The maximum Gasteiger partial charge on any atom is 0.163 e. The minimum Gasteiger partial charge on any atom is -0.357 e. The van der Waals surface area contributed by atoms with Crippen molar-refractivity contribution in [3.8, 4) is 0 Å². The second-order valence-corrected chi connectivity index (χ2v) is 3.64. The van der Waals surface area contributed by atoms with E-state index in [9.17, 15) is 0 Å². The molecule has 78 valence electrons. The Balaban J connectivity index is 2.39. The Hall–Kier alpha value is -0.120. The molecule has 1 rings (SSSR count). The molecule has 0 saturated carbocycles. The zero-order valence-electron chi connectivity index (χ0n) is 8.79. The van der Waals surface area contributed by atoms with Crippen molar-refractivity contribution >= 4 is 0 Å². The van der Waals surface area contributed by atoms with Crippen LogP contribution in [0.3, 0.4) is 0 Å². The van der Waals surface area contributed by atoms with Gasteiger partial charge in [-0.2, -0.15) is 0 Å². The van der Waals surface area contributed by atoms with Crippen LogP contribution in [0.5, 0.6) is 0 Å². The van der Waals surface area contributed by atoms with Crippen LogP contribution >= 0.6 is 0 Å². The van der Waals surface area contributed by atoms with Crippen LogP contribution < -0.4 is 5.73 Å². The van der Waals surface area contributed by atoms with Crippen LogP contribution in [-0.2, 0) is 9.47 Å². The Labute approximate surface area is 80.6 Å². The van der Waals surface area contributed by atoms with Gasteiger partial charge in [0.25, 0.3) is 0 Å². The molecule has 1 saturated heterocycles. The zero-order chi connectivity index (χ0) is 9.68. The maximum atomic E-state index is 5.75. The summed E-state index contributed by atoms with van der Waals surface area (Å²) in [7, 11) is 0. The van der Waals surface area contributed by atoms with Crippen molar-refractivity contribution in [1.29, 1.82) is 0 Å². The molecule has 3 N–H and O–H groups in total. The van der Waals surface area contributed by atoms with Crippen LogP contribution in [0.15, 0.2) is 0 Å². The molecule has 2 unspecified atom stereocenters. The Morgan fingerprint density at radius 3 is 2.08 bits per heavy atom. The Kier molecular flexibility index (Phi) is 4.70. The Morgan fingerprint density at radius 1 is 1.15 bits per heavy atom. The first-order valence-electron chi connectivity index (χ1n) is 5.40. The predicted molar refractivity (Wildman–Crippen MR) is 51.1 cm³/mol. The van der Waals surface area contributed by atoms with Crippen LogP contribution in [0.2, 0.25) is 0 Å². The van der Waals surface area contributed by atoms with E-state index in [1.807, 2.05) is 0 Å². The van der Waals surface area contributed by atoms with Gasteiger partial charge < -0.3 is 15.2 Å². The minimum atomic E-state index is 0.00106. The third kappa shape index (κ3) is 3.25. The van der Waals surface area contributed by atoms with E-state index in [1.165, 1.54) is 0 Å². The van der Waals surface area contributed by atoms with Crippen LogP contribution in [0.25, 0.3) is 0 Å². The van der Waals surface area contributed by atoms with Gasteiger partial charge in [0.15, 0.2) is 6.29 Å². The van der Waals surface area contributed by atoms with E-state index < -0.39 is 0 Å². The van der Waals surface area contributed by atoms with Crippen LogP contribution in [0.1, 0.15) is 39.5 Å². The average molecular weight is 188 g/mol. The van der Waals surface area contributed by atoms with Gasteiger partial charge in [-0.25, -0.2) is 0 Å². The van der Waals surface area contributed by atoms with Gasteiger partial charge in [-0.15, -0.1) is 0 Å². The summed E-state index contributed by atoms with van der Waals surface area (Å²) >= 11 is 0. The quantitative estimate of drug-likeness (QED) is 0.713. The van der Waals surface area contributed by atoms with Gasteiger partial charge in [0.05, 0.1) is 18.8 Å². The molecule has 3 heteroatoms. The summed E-state index contributed by atoms with van der Waals surface area (Å²) in [5.74, 6) is 0. The van der Waals surface area contributed by atoms with Gasteiger partial charge in [-0.3, -0.25) is 0 Å². The van der Waals surface area contributed by atoms with Crippen molar-refractivity contribution in [1.82, 2.24) is 0 Å². The molecule has 1 aliphatic rings. The summed E-state index contributed by atoms with van der Waals surface area (Å²) in [5, 5.41) is 0. The van der Waals surface area contributed by atoms with Crippen molar-refractivity contribution in [3.63, 3.8) is 0 Å². The first-order chi connectivity index (χ1) is 6.30. The molecular formula is C10H22NO2+. The van der Waals surface area contributed by atoms with E-state index >= 15 is 0 Å². The molecule has 0 aliphatic carbocycles. The highest BCUT2D eigenvalue weighted by atomic mass is 16.7. The highest BCUT2D eigenvalue weighted by Gasteiger charge is 2.27. The lowest BCUT2D eigenvalue weighted by atomic mass is 10.1. The maximum absolute atomic E-state index is 5.75. The fraction of sp³-hybridized carbons (Fsp3) is 1.00. The first-order valence-corrected chi connectivity index (χ1v) is 5.40. The highest BCUT2D eigenvalue weighted by molar-refractivity contribution is 4.70. The van der Waals surface area contributed by atoms with E-state index in [1.54, 1.807) is 0 Å². The molecule has 0 aromatic rings. The van der Waals surface area contributed by atoms with E-state index in [0.29, 0.717) is 12.2 Å². The summed E-state index contributed by atoms with van der Waals surface area (Å²) in [5.41, 5.74) is 3.82. The largest absolute Gasteiger partial charge is 0.357 e. The molecule has 0 aromatic carbocycles. The molecule has 0 amide bonds. The summed E-state index contributed by atoms with van der Waals surface area (Å²) in [6, 6.07) is 0. The van der Waals surface area contributed by atoms with E-state index in [4.69, 9.17) is 9.47 Å². The van der Waals surface area contributed by atoms with E-state index in [-0.39, 0.29) is 6.29 Å². The molecule has 0 spiro atoms. The van der Waals surface area contributed by atoms with Crippen molar-refractivity contribution in [2.24, 2.45) is 0 Å². The Morgan fingerprint density at radius 2 is 1.69 bits per heavy atom. The van der Waals surface area contributed by atoms with Crippen LogP contribution in [0.4, 0.5) is 0 Å². The van der Waals surface area contributed by atoms with Gasteiger partial charge in [0, 0.05) is 6.42 Å². The number of quaternary nitrogens is 1. The van der Waals surface area contributed by atoms with Gasteiger partial charge in [-0.05, 0) is 19.3 Å². The summed E-state index contributed by atoms with van der Waals surface area (Å²) < 4.78 is 11.5. The highest BCUT2D eigenvalue weighted by Crippen LogP contribution is 2.23. The number of rotatable bonds is 4. The fourth-order valence-electron chi connectivity index (χ4n) is 1.69. The SMILES string of the molecule is CCC1CC(CC)OC(CC[NH3+])O1. The third-order valence-corrected chi connectivity index (χ3v) is 2.56. The lowest BCUT2D eigenvalue weighted by Crippen LogP contribution is -2.52. The zero-order valence-corrected chi connectivity index (χ0v) is 8.79. The topological polar surface area (TPSA) is 46.1 Å². The minimum absolute atomic E-state index is 0.00106. The standard InChI is InChI=1S/C10H21NO2/c1-3-8-7-9(4-2)13-10(12-8)5-6-11/h8-10H,3-7,11H2,1-2H3/p+1. The van der Waals surface area contributed by atoms with Gasteiger partial charge in [-0.1, -0.05) is 13.8 Å². The molecule has 0 bridgehead atoms. The van der Waals surface area contributed by atoms with Crippen LogP contribution in [-0.4, -0.2) is 25.0 Å². The summed E-state index contributed by atoms with van der Waals surface area (Å²) in [6.45, 7) is 5.23. The lowest BCUT2D eigenvalue weighted by molar-refractivity contribution is -0.381. The van der Waals surface area contributed by atoms with E-state index in [0.717, 1.165) is 32.2 Å². The average Bonchev–Trinajstić information content (AvgIpc) is 2.17. The second kappa shape index (κ2) is 5.58.